The van der Waals surface area contributed by atoms with Crippen LogP contribution in [-0.2, 0) is 22.4 Å². The molecule has 0 bridgehead atoms. The molecular formula is C18H18N2O5. The molecule has 1 aliphatic rings. The second-order valence-electron chi connectivity index (χ2n) is 6.02. The molecular weight excluding hydrogens is 324 g/mol. The van der Waals surface area contributed by atoms with Crippen molar-refractivity contribution in [1.82, 2.24) is 10.6 Å². The molecule has 0 radical (unpaired) electrons. The third kappa shape index (κ3) is 3.82. The van der Waals surface area contributed by atoms with Gasteiger partial charge in [0, 0.05) is 12.8 Å². The van der Waals surface area contributed by atoms with E-state index in [0.717, 1.165) is 5.56 Å². The molecule has 1 heterocycles. The van der Waals surface area contributed by atoms with E-state index in [9.17, 15) is 24.9 Å². The summed E-state index contributed by atoms with van der Waals surface area (Å²) in [7, 11) is 0. The van der Waals surface area contributed by atoms with Gasteiger partial charge in [-0.2, -0.15) is 0 Å². The highest BCUT2D eigenvalue weighted by molar-refractivity contribution is 5.97. The van der Waals surface area contributed by atoms with E-state index in [1.165, 1.54) is 24.3 Å². The van der Waals surface area contributed by atoms with Crippen LogP contribution in [0.15, 0.2) is 42.5 Å². The molecule has 25 heavy (non-hydrogen) atoms. The van der Waals surface area contributed by atoms with Crippen molar-refractivity contribution in [3.05, 3.63) is 53.6 Å². The average Bonchev–Trinajstić information content (AvgIpc) is 2.57. The first kappa shape index (κ1) is 16.6. The lowest BCUT2D eigenvalue weighted by atomic mass is 9.98. The number of phenols is 3. The standard InChI is InChI=1S/C18H18N2O5/c21-12-4-1-10(2-5-12)7-13-17(24)20-14(18(25)19-13)8-11-3-6-15(22)16(23)9-11/h1-6,9,13-14,21-23H,7-8H2,(H,19,25)(H,20,24). The zero-order valence-corrected chi connectivity index (χ0v) is 13.3. The van der Waals surface area contributed by atoms with Gasteiger partial charge < -0.3 is 26.0 Å². The minimum absolute atomic E-state index is 0.137. The zero-order valence-electron chi connectivity index (χ0n) is 13.3. The minimum Gasteiger partial charge on any atom is -0.508 e. The summed E-state index contributed by atoms with van der Waals surface area (Å²) in [5, 5.41) is 33.5. The number of carbonyl (C=O) groups is 2. The molecule has 0 spiro atoms. The van der Waals surface area contributed by atoms with Gasteiger partial charge in [0.1, 0.15) is 17.8 Å². The van der Waals surface area contributed by atoms with Crippen molar-refractivity contribution in [2.45, 2.75) is 24.9 Å². The maximum absolute atomic E-state index is 12.3. The molecule has 2 amide bonds. The SMILES string of the molecule is O=C1NC(Cc2ccc(O)c(O)c2)C(=O)NC1Cc1ccc(O)cc1. The second kappa shape index (κ2) is 6.72. The third-order valence-electron chi connectivity index (χ3n) is 4.12. The van der Waals surface area contributed by atoms with E-state index < -0.39 is 12.1 Å². The average molecular weight is 342 g/mol. The number of hydrogen-bond acceptors (Lipinski definition) is 5. The summed E-state index contributed by atoms with van der Waals surface area (Å²) < 4.78 is 0. The summed E-state index contributed by atoms with van der Waals surface area (Å²) in [4.78, 5) is 24.5. The van der Waals surface area contributed by atoms with Crippen LogP contribution in [0.25, 0.3) is 0 Å². The van der Waals surface area contributed by atoms with E-state index in [0.29, 0.717) is 12.0 Å². The number of phenolic OH excluding ortho intramolecular Hbond substituents is 3. The zero-order chi connectivity index (χ0) is 18.0. The number of piperazine rings is 1. The fraction of sp³-hybridized carbons (Fsp3) is 0.222. The predicted molar refractivity (Wildman–Crippen MR) is 89.1 cm³/mol. The molecule has 2 aromatic rings. The Bertz CT molecular complexity index is 804. The Morgan fingerprint density at radius 1 is 0.720 bits per heavy atom. The summed E-state index contributed by atoms with van der Waals surface area (Å²) >= 11 is 0. The highest BCUT2D eigenvalue weighted by Crippen LogP contribution is 2.25. The van der Waals surface area contributed by atoms with E-state index >= 15 is 0 Å². The van der Waals surface area contributed by atoms with Gasteiger partial charge in [-0.3, -0.25) is 9.59 Å². The largest absolute Gasteiger partial charge is 0.508 e. The van der Waals surface area contributed by atoms with E-state index in [2.05, 4.69) is 10.6 Å². The Morgan fingerprint density at radius 3 is 1.80 bits per heavy atom. The number of hydrogen-bond donors (Lipinski definition) is 5. The van der Waals surface area contributed by atoms with Gasteiger partial charge in [-0.1, -0.05) is 18.2 Å². The van der Waals surface area contributed by atoms with Gasteiger partial charge in [-0.05, 0) is 35.4 Å². The highest BCUT2D eigenvalue weighted by Gasteiger charge is 2.33. The molecule has 5 N–H and O–H groups in total. The lowest BCUT2D eigenvalue weighted by Gasteiger charge is -2.29. The topological polar surface area (TPSA) is 119 Å². The van der Waals surface area contributed by atoms with E-state index in [1.54, 1.807) is 18.2 Å². The third-order valence-corrected chi connectivity index (χ3v) is 4.12. The number of rotatable bonds is 4. The number of benzene rings is 2. The quantitative estimate of drug-likeness (QED) is 0.521. The Balaban J connectivity index is 1.65. The molecule has 1 fully saturated rings. The summed E-state index contributed by atoms with van der Waals surface area (Å²) in [5.74, 6) is -0.977. The smallest absolute Gasteiger partial charge is 0.243 e. The van der Waals surface area contributed by atoms with Crippen LogP contribution in [0.4, 0.5) is 0 Å². The maximum atomic E-state index is 12.3. The van der Waals surface area contributed by atoms with Gasteiger partial charge in [0.25, 0.3) is 0 Å². The monoisotopic (exact) mass is 342 g/mol. The fourth-order valence-corrected chi connectivity index (χ4v) is 2.76. The molecule has 2 unspecified atom stereocenters. The maximum Gasteiger partial charge on any atom is 0.243 e. The predicted octanol–water partition coefficient (Wildman–Crippen LogP) is 0.572. The van der Waals surface area contributed by atoms with E-state index in [1.807, 2.05) is 0 Å². The Labute approximate surface area is 143 Å². The fourth-order valence-electron chi connectivity index (χ4n) is 2.76. The number of amides is 2. The molecule has 0 saturated carbocycles. The van der Waals surface area contributed by atoms with Crippen molar-refractivity contribution >= 4 is 11.8 Å². The first-order valence-corrected chi connectivity index (χ1v) is 7.82. The number of aromatic hydroxyl groups is 3. The molecule has 0 aromatic heterocycles. The van der Waals surface area contributed by atoms with Gasteiger partial charge in [0.05, 0.1) is 0 Å². The molecule has 0 aliphatic carbocycles. The van der Waals surface area contributed by atoms with Crippen LogP contribution in [0.2, 0.25) is 0 Å². The summed E-state index contributed by atoms with van der Waals surface area (Å²) in [5.41, 5.74) is 1.44. The van der Waals surface area contributed by atoms with Crippen LogP contribution < -0.4 is 10.6 Å². The highest BCUT2D eigenvalue weighted by atomic mass is 16.3. The lowest BCUT2D eigenvalue weighted by Crippen LogP contribution is -2.62. The van der Waals surface area contributed by atoms with Gasteiger partial charge in [0.2, 0.25) is 11.8 Å². The molecule has 2 aromatic carbocycles. The molecule has 1 aliphatic heterocycles. The van der Waals surface area contributed by atoms with Gasteiger partial charge in [-0.25, -0.2) is 0 Å². The Hall–Kier alpha value is -3.22. The van der Waals surface area contributed by atoms with Crippen LogP contribution in [0.1, 0.15) is 11.1 Å². The second-order valence-corrected chi connectivity index (χ2v) is 6.02. The lowest BCUT2D eigenvalue weighted by molar-refractivity contribution is -0.136. The van der Waals surface area contributed by atoms with Crippen molar-refractivity contribution in [1.29, 1.82) is 0 Å². The molecule has 3 rings (SSSR count). The van der Waals surface area contributed by atoms with Crippen molar-refractivity contribution in [2.75, 3.05) is 0 Å². The molecule has 2 atom stereocenters. The Kier molecular flexibility index (Phi) is 4.47. The van der Waals surface area contributed by atoms with E-state index in [4.69, 9.17) is 0 Å². The Morgan fingerprint density at radius 2 is 1.24 bits per heavy atom. The number of nitrogens with one attached hydrogen (secondary N) is 2. The van der Waals surface area contributed by atoms with Crippen LogP contribution in [-0.4, -0.2) is 39.2 Å². The minimum atomic E-state index is -0.743. The van der Waals surface area contributed by atoms with Gasteiger partial charge in [0.15, 0.2) is 11.5 Å². The molecule has 7 heteroatoms. The van der Waals surface area contributed by atoms with Crippen LogP contribution in [0.5, 0.6) is 17.2 Å². The van der Waals surface area contributed by atoms with Crippen molar-refractivity contribution in [2.24, 2.45) is 0 Å². The molecule has 130 valence electrons. The first-order chi connectivity index (χ1) is 11.9. The van der Waals surface area contributed by atoms with Gasteiger partial charge in [-0.15, -0.1) is 0 Å². The molecule has 1 saturated heterocycles. The van der Waals surface area contributed by atoms with E-state index in [-0.39, 0.29) is 35.5 Å². The normalized spacial score (nSPS) is 20.0. The summed E-state index contributed by atoms with van der Waals surface area (Å²) in [6.07, 6.45) is 0.530. The van der Waals surface area contributed by atoms with Gasteiger partial charge >= 0.3 is 0 Å². The van der Waals surface area contributed by atoms with Crippen molar-refractivity contribution in [3.8, 4) is 17.2 Å². The first-order valence-electron chi connectivity index (χ1n) is 7.82. The van der Waals surface area contributed by atoms with Crippen LogP contribution in [0, 0.1) is 0 Å². The summed E-state index contributed by atoms with van der Waals surface area (Å²) in [6.45, 7) is 0. The van der Waals surface area contributed by atoms with Crippen LogP contribution in [0.3, 0.4) is 0 Å². The van der Waals surface area contributed by atoms with Crippen LogP contribution >= 0.6 is 0 Å². The molecule has 7 nitrogen and oxygen atoms in total. The number of carbonyl (C=O) groups excluding carboxylic acids is 2. The van der Waals surface area contributed by atoms with Crippen molar-refractivity contribution < 1.29 is 24.9 Å². The van der Waals surface area contributed by atoms with Crippen molar-refractivity contribution in [3.63, 3.8) is 0 Å². The summed E-state index contributed by atoms with van der Waals surface area (Å²) in [6, 6.07) is 9.29.